The van der Waals surface area contributed by atoms with Crippen molar-refractivity contribution in [2.75, 3.05) is 5.75 Å². The lowest BCUT2D eigenvalue weighted by molar-refractivity contribution is -0.119. The minimum atomic E-state index is -0.664. The zero-order valence-corrected chi connectivity index (χ0v) is 12.9. The molecule has 112 valence electrons. The normalized spacial score (nSPS) is 16.4. The lowest BCUT2D eigenvalue weighted by Gasteiger charge is -2.21. The molecule has 1 fully saturated rings. The van der Waals surface area contributed by atoms with Crippen LogP contribution in [0.1, 0.15) is 31.5 Å². The van der Waals surface area contributed by atoms with Crippen LogP contribution in [0.4, 0.5) is 0 Å². The number of rotatable bonds is 6. The van der Waals surface area contributed by atoms with Gasteiger partial charge < -0.3 is 9.88 Å². The van der Waals surface area contributed by atoms with Gasteiger partial charge in [-0.2, -0.15) is 5.26 Å². The Morgan fingerprint density at radius 2 is 2.29 bits per heavy atom. The van der Waals surface area contributed by atoms with Crippen LogP contribution >= 0.6 is 11.8 Å². The Labute approximate surface area is 128 Å². The summed E-state index contributed by atoms with van der Waals surface area (Å²) in [6, 6.07) is 2.25. The van der Waals surface area contributed by atoms with Crippen LogP contribution in [0.25, 0.3) is 0 Å². The molecule has 1 aliphatic carbocycles. The van der Waals surface area contributed by atoms with E-state index in [-0.39, 0.29) is 11.7 Å². The quantitative estimate of drug-likeness (QED) is 0.640. The molecule has 0 spiro atoms. The third-order valence-corrected chi connectivity index (χ3v) is 4.56. The SMILES string of the molecule is C=CCn1c(C)nnc1SCC(=O)NC1(C#N)CCCC1. The summed E-state index contributed by atoms with van der Waals surface area (Å²) in [5.74, 6) is 0.898. The number of nitrogens with one attached hydrogen (secondary N) is 1. The van der Waals surface area contributed by atoms with Crippen molar-refractivity contribution >= 4 is 17.7 Å². The Balaban J connectivity index is 1.92. The van der Waals surface area contributed by atoms with Crippen molar-refractivity contribution in [1.82, 2.24) is 20.1 Å². The second-order valence-corrected chi connectivity index (χ2v) is 6.11. The lowest BCUT2D eigenvalue weighted by Crippen LogP contribution is -2.45. The largest absolute Gasteiger partial charge is 0.337 e. The summed E-state index contributed by atoms with van der Waals surface area (Å²) in [5, 5.41) is 20.9. The van der Waals surface area contributed by atoms with E-state index in [1.165, 1.54) is 11.8 Å². The standard InChI is InChI=1S/C14H19N5OS/c1-3-8-19-11(2)17-18-13(19)21-9-12(20)16-14(10-15)6-4-5-7-14/h3H,1,4-9H2,2H3,(H,16,20). The van der Waals surface area contributed by atoms with Gasteiger partial charge in [-0.3, -0.25) is 4.79 Å². The number of allylic oxidation sites excluding steroid dienone is 1. The average molecular weight is 305 g/mol. The van der Waals surface area contributed by atoms with E-state index >= 15 is 0 Å². The fourth-order valence-electron chi connectivity index (χ4n) is 2.48. The van der Waals surface area contributed by atoms with Gasteiger partial charge in [0.1, 0.15) is 11.4 Å². The van der Waals surface area contributed by atoms with E-state index in [9.17, 15) is 10.1 Å². The molecule has 1 saturated carbocycles. The van der Waals surface area contributed by atoms with Gasteiger partial charge in [-0.1, -0.05) is 17.8 Å². The number of aryl methyl sites for hydroxylation is 1. The Morgan fingerprint density at radius 1 is 1.57 bits per heavy atom. The van der Waals surface area contributed by atoms with E-state index in [1.54, 1.807) is 6.08 Å². The smallest absolute Gasteiger partial charge is 0.231 e. The number of hydrogen-bond acceptors (Lipinski definition) is 5. The second kappa shape index (κ2) is 6.76. The predicted octanol–water partition coefficient (Wildman–Crippen LogP) is 1.82. The maximum absolute atomic E-state index is 12.1. The summed E-state index contributed by atoms with van der Waals surface area (Å²) in [6.07, 6.45) is 5.24. The zero-order chi connectivity index (χ0) is 15.3. The highest BCUT2D eigenvalue weighted by Gasteiger charge is 2.35. The molecule has 0 saturated heterocycles. The van der Waals surface area contributed by atoms with E-state index in [0.29, 0.717) is 11.7 Å². The molecule has 0 aliphatic heterocycles. The van der Waals surface area contributed by atoms with Crippen molar-refractivity contribution in [1.29, 1.82) is 5.26 Å². The first-order valence-corrected chi connectivity index (χ1v) is 7.94. The first-order valence-electron chi connectivity index (χ1n) is 6.96. The van der Waals surface area contributed by atoms with Crippen LogP contribution in [0.5, 0.6) is 0 Å². The molecule has 1 aromatic rings. The maximum Gasteiger partial charge on any atom is 0.231 e. The second-order valence-electron chi connectivity index (χ2n) is 5.17. The van der Waals surface area contributed by atoms with E-state index in [0.717, 1.165) is 31.5 Å². The highest BCUT2D eigenvalue weighted by Crippen LogP contribution is 2.29. The van der Waals surface area contributed by atoms with Gasteiger partial charge in [0.15, 0.2) is 5.16 Å². The molecule has 0 radical (unpaired) electrons. The van der Waals surface area contributed by atoms with Crippen LogP contribution in [0.3, 0.4) is 0 Å². The summed E-state index contributed by atoms with van der Waals surface area (Å²) < 4.78 is 1.90. The summed E-state index contributed by atoms with van der Waals surface area (Å²) >= 11 is 1.33. The topological polar surface area (TPSA) is 83.6 Å². The highest BCUT2D eigenvalue weighted by molar-refractivity contribution is 7.99. The van der Waals surface area contributed by atoms with E-state index in [4.69, 9.17) is 0 Å². The van der Waals surface area contributed by atoms with Crippen molar-refractivity contribution in [3.63, 3.8) is 0 Å². The number of amides is 1. The van der Waals surface area contributed by atoms with Crippen molar-refractivity contribution in [2.45, 2.75) is 49.8 Å². The third-order valence-electron chi connectivity index (χ3n) is 3.60. The van der Waals surface area contributed by atoms with Gasteiger partial charge in [-0.25, -0.2) is 0 Å². The molecule has 1 amide bonds. The molecule has 21 heavy (non-hydrogen) atoms. The molecule has 1 aliphatic rings. The third kappa shape index (κ3) is 3.64. The van der Waals surface area contributed by atoms with Gasteiger partial charge in [-0.05, 0) is 32.6 Å². The minimum Gasteiger partial charge on any atom is -0.337 e. The van der Waals surface area contributed by atoms with Crippen LogP contribution in [0, 0.1) is 18.3 Å². The summed E-state index contributed by atoms with van der Waals surface area (Å²) in [4.78, 5) is 12.1. The fourth-order valence-corrected chi connectivity index (χ4v) is 3.28. The number of thioether (sulfide) groups is 1. The first-order chi connectivity index (χ1) is 10.1. The minimum absolute atomic E-state index is 0.130. The molecule has 0 unspecified atom stereocenters. The molecule has 0 aromatic carbocycles. The van der Waals surface area contributed by atoms with Gasteiger partial charge in [0, 0.05) is 6.54 Å². The van der Waals surface area contributed by atoms with Crippen molar-refractivity contribution < 1.29 is 4.79 Å². The number of aromatic nitrogens is 3. The molecule has 7 heteroatoms. The molecule has 1 heterocycles. The summed E-state index contributed by atoms with van der Waals surface area (Å²) in [7, 11) is 0. The van der Waals surface area contributed by atoms with Crippen LogP contribution in [-0.4, -0.2) is 32.0 Å². The Kier molecular flexibility index (Phi) is 5.02. The van der Waals surface area contributed by atoms with Gasteiger partial charge >= 0.3 is 0 Å². The summed E-state index contributed by atoms with van der Waals surface area (Å²) in [5.41, 5.74) is -0.664. The van der Waals surface area contributed by atoms with Gasteiger partial charge in [0.05, 0.1) is 11.8 Å². The molecule has 6 nitrogen and oxygen atoms in total. The Bertz CT molecular complexity index is 568. The van der Waals surface area contributed by atoms with Gasteiger partial charge in [0.2, 0.25) is 5.91 Å². The first kappa shape index (κ1) is 15.6. The molecule has 2 rings (SSSR count). The van der Waals surface area contributed by atoms with E-state index in [1.807, 2.05) is 11.5 Å². The average Bonchev–Trinajstić information content (AvgIpc) is 3.06. The van der Waals surface area contributed by atoms with Crippen molar-refractivity contribution in [2.24, 2.45) is 0 Å². The maximum atomic E-state index is 12.1. The van der Waals surface area contributed by atoms with Crippen molar-refractivity contribution in [3.05, 3.63) is 18.5 Å². The lowest BCUT2D eigenvalue weighted by atomic mass is 10.0. The Morgan fingerprint density at radius 3 is 2.90 bits per heavy atom. The summed E-state index contributed by atoms with van der Waals surface area (Å²) in [6.45, 7) is 6.18. The van der Waals surface area contributed by atoms with E-state index in [2.05, 4.69) is 28.2 Å². The molecular formula is C14H19N5OS. The molecule has 0 bridgehead atoms. The predicted molar refractivity (Wildman–Crippen MR) is 80.6 cm³/mol. The molecule has 0 atom stereocenters. The molecule has 1 N–H and O–H groups in total. The number of carbonyl (C=O) groups excluding carboxylic acids is 1. The Hall–Kier alpha value is -1.81. The van der Waals surface area contributed by atoms with Crippen LogP contribution < -0.4 is 5.32 Å². The number of hydrogen-bond donors (Lipinski definition) is 1. The highest BCUT2D eigenvalue weighted by atomic mass is 32.2. The molecular weight excluding hydrogens is 286 g/mol. The van der Waals surface area contributed by atoms with Crippen LogP contribution in [-0.2, 0) is 11.3 Å². The molecule has 1 aromatic heterocycles. The van der Waals surface area contributed by atoms with Crippen LogP contribution in [0.2, 0.25) is 0 Å². The van der Waals surface area contributed by atoms with E-state index < -0.39 is 5.54 Å². The number of nitriles is 1. The van der Waals surface area contributed by atoms with Gasteiger partial charge in [0.25, 0.3) is 0 Å². The fraction of sp³-hybridized carbons (Fsp3) is 0.571. The number of carbonyl (C=O) groups is 1. The number of nitrogens with zero attached hydrogens (tertiary/aromatic N) is 4. The zero-order valence-electron chi connectivity index (χ0n) is 12.1. The van der Waals surface area contributed by atoms with Crippen molar-refractivity contribution in [3.8, 4) is 6.07 Å². The monoisotopic (exact) mass is 305 g/mol. The van der Waals surface area contributed by atoms with Crippen LogP contribution in [0.15, 0.2) is 17.8 Å². The van der Waals surface area contributed by atoms with Gasteiger partial charge in [-0.15, -0.1) is 16.8 Å².